The third-order valence-electron chi connectivity index (χ3n) is 4.02. The number of thioether (sulfide) groups is 1. The molecule has 2 heterocycles. The molecule has 1 unspecified atom stereocenters. The van der Waals surface area contributed by atoms with E-state index in [0.29, 0.717) is 0 Å². The van der Waals surface area contributed by atoms with Crippen LogP contribution in [0.3, 0.4) is 0 Å². The van der Waals surface area contributed by atoms with E-state index in [9.17, 15) is 0 Å². The van der Waals surface area contributed by atoms with E-state index in [1.54, 1.807) is 18.0 Å². The number of H-pyrrole nitrogens is 1. The Labute approximate surface area is 175 Å². The van der Waals surface area contributed by atoms with E-state index in [4.69, 9.17) is 4.98 Å². The quantitative estimate of drug-likeness (QED) is 0.398. The van der Waals surface area contributed by atoms with Gasteiger partial charge in [-0.15, -0.1) is 24.8 Å². The van der Waals surface area contributed by atoms with Crippen LogP contribution in [-0.2, 0) is 0 Å². The van der Waals surface area contributed by atoms with Gasteiger partial charge in [0.15, 0.2) is 5.16 Å². The Kier molecular flexibility index (Phi) is 7.54. The van der Waals surface area contributed by atoms with E-state index in [1.165, 1.54) is 0 Å². The molecule has 0 aliphatic carbocycles. The lowest BCUT2D eigenvalue weighted by Crippen LogP contribution is -1.97. The highest BCUT2D eigenvalue weighted by Gasteiger charge is 2.16. The average molecular weight is 419 g/mol. The molecule has 2 aromatic heterocycles. The van der Waals surface area contributed by atoms with Crippen molar-refractivity contribution in [2.24, 2.45) is 0 Å². The van der Waals surface area contributed by atoms with Crippen molar-refractivity contribution in [1.82, 2.24) is 19.5 Å². The van der Waals surface area contributed by atoms with Gasteiger partial charge in [0.2, 0.25) is 0 Å². The Hall–Kier alpha value is -2.21. The number of hydrogen-bond acceptors (Lipinski definition) is 3. The maximum absolute atomic E-state index is 4.88. The predicted octanol–water partition coefficient (Wildman–Crippen LogP) is 6.09. The number of nitrogens with one attached hydrogen (secondary N) is 1. The topological polar surface area (TPSA) is 46.5 Å². The van der Waals surface area contributed by atoms with Crippen molar-refractivity contribution in [2.45, 2.75) is 17.5 Å². The van der Waals surface area contributed by atoms with Gasteiger partial charge in [0.1, 0.15) is 0 Å². The van der Waals surface area contributed by atoms with Crippen LogP contribution in [0.25, 0.3) is 22.5 Å². The highest BCUT2D eigenvalue weighted by molar-refractivity contribution is 7.99. The van der Waals surface area contributed by atoms with Gasteiger partial charge in [-0.2, -0.15) is 0 Å². The van der Waals surface area contributed by atoms with Crippen LogP contribution in [-0.4, -0.2) is 19.5 Å². The lowest BCUT2D eigenvalue weighted by Gasteiger charge is -2.09. The molecule has 27 heavy (non-hydrogen) atoms. The van der Waals surface area contributed by atoms with E-state index >= 15 is 0 Å². The van der Waals surface area contributed by atoms with Crippen molar-refractivity contribution in [3.8, 4) is 22.5 Å². The summed E-state index contributed by atoms with van der Waals surface area (Å²) in [5.41, 5.74) is 4.27. The second kappa shape index (κ2) is 9.65. The van der Waals surface area contributed by atoms with Crippen molar-refractivity contribution in [2.75, 3.05) is 0 Å². The minimum Gasteiger partial charge on any atom is -0.332 e. The molecule has 0 radical (unpaired) electrons. The lowest BCUT2D eigenvalue weighted by atomic mass is 10.1. The van der Waals surface area contributed by atoms with Crippen molar-refractivity contribution in [3.63, 3.8) is 0 Å². The number of aromatic amines is 1. The van der Waals surface area contributed by atoms with E-state index < -0.39 is 0 Å². The molecule has 0 aliphatic heterocycles. The Morgan fingerprint density at radius 3 is 2.15 bits per heavy atom. The molecule has 0 aliphatic rings. The van der Waals surface area contributed by atoms with Gasteiger partial charge in [-0.05, 0) is 6.92 Å². The first-order valence-electron chi connectivity index (χ1n) is 8.16. The summed E-state index contributed by atoms with van der Waals surface area (Å²) in [6.45, 7) is 2.14. The normalized spacial score (nSPS) is 11.3. The molecule has 0 saturated carbocycles. The molecule has 0 saturated heterocycles. The molecular formula is C20H20Cl2N4S. The molecule has 0 fully saturated rings. The summed E-state index contributed by atoms with van der Waals surface area (Å²) in [5, 5.41) is 1.11. The second-order valence-electron chi connectivity index (χ2n) is 5.72. The van der Waals surface area contributed by atoms with Gasteiger partial charge in [-0.1, -0.05) is 72.4 Å². The highest BCUT2D eigenvalue weighted by Crippen LogP contribution is 2.35. The van der Waals surface area contributed by atoms with Crippen molar-refractivity contribution >= 4 is 36.6 Å². The number of halogens is 2. The zero-order valence-corrected chi connectivity index (χ0v) is 17.1. The molecule has 4 nitrogen and oxygen atoms in total. The number of imidazole rings is 2. The molecule has 0 amide bonds. The monoisotopic (exact) mass is 418 g/mol. The van der Waals surface area contributed by atoms with Gasteiger partial charge in [0.25, 0.3) is 0 Å². The standard InChI is InChI=1S/C20H18N4S.2ClH/c1-15(24-13-12-21-14-24)25-20-22-18(16-8-4-2-5-9-16)19(23-20)17-10-6-3-7-11-17;;/h2-15H,1H3,(H,22,23);2*1H. The van der Waals surface area contributed by atoms with Crippen molar-refractivity contribution < 1.29 is 0 Å². The van der Waals surface area contributed by atoms with E-state index in [0.717, 1.165) is 27.7 Å². The summed E-state index contributed by atoms with van der Waals surface area (Å²) in [6, 6.07) is 20.6. The summed E-state index contributed by atoms with van der Waals surface area (Å²) in [7, 11) is 0. The number of aromatic nitrogens is 4. The molecular weight excluding hydrogens is 399 g/mol. The molecule has 4 rings (SSSR count). The Morgan fingerprint density at radius 1 is 0.926 bits per heavy atom. The summed E-state index contributed by atoms with van der Waals surface area (Å²) >= 11 is 1.68. The van der Waals surface area contributed by atoms with E-state index in [2.05, 4.69) is 45.7 Å². The van der Waals surface area contributed by atoms with Gasteiger partial charge in [0.05, 0.1) is 23.1 Å². The average Bonchev–Trinajstić information content (AvgIpc) is 3.33. The predicted molar refractivity (Wildman–Crippen MR) is 117 cm³/mol. The number of nitrogens with zero attached hydrogens (tertiary/aromatic N) is 3. The fraction of sp³-hybridized carbons (Fsp3) is 0.100. The minimum absolute atomic E-state index is 0. The summed E-state index contributed by atoms with van der Waals surface area (Å²) in [4.78, 5) is 12.5. The minimum atomic E-state index is 0. The van der Waals surface area contributed by atoms with Gasteiger partial charge < -0.3 is 9.55 Å². The number of rotatable bonds is 5. The largest absolute Gasteiger partial charge is 0.332 e. The first-order chi connectivity index (χ1) is 12.3. The fourth-order valence-electron chi connectivity index (χ4n) is 2.73. The third kappa shape index (κ3) is 4.75. The van der Waals surface area contributed by atoms with Crippen molar-refractivity contribution in [1.29, 1.82) is 0 Å². The molecule has 1 atom stereocenters. The van der Waals surface area contributed by atoms with Gasteiger partial charge >= 0.3 is 0 Å². The molecule has 0 bridgehead atoms. The van der Waals surface area contributed by atoms with Crippen LogP contribution in [0.1, 0.15) is 12.3 Å². The Bertz CT molecular complexity index is 884. The SMILES string of the molecule is CC(Sc1nc(-c2ccccc2)c(-c2ccccc2)[nH]1)n1ccnc1.Cl.Cl. The molecule has 2 aromatic carbocycles. The Morgan fingerprint density at radius 2 is 1.56 bits per heavy atom. The number of hydrogen-bond donors (Lipinski definition) is 1. The van der Waals surface area contributed by atoms with Crippen LogP contribution in [0.5, 0.6) is 0 Å². The van der Waals surface area contributed by atoms with Gasteiger partial charge in [-0.25, -0.2) is 9.97 Å². The molecule has 4 aromatic rings. The smallest absolute Gasteiger partial charge is 0.168 e. The highest BCUT2D eigenvalue weighted by atomic mass is 35.5. The molecule has 1 N–H and O–H groups in total. The van der Waals surface area contributed by atoms with Crippen LogP contribution in [0.2, 0.25) is 0 Å². The first kappa shape index (κ1) is 21.1. The maximum Gasteiger partial charge on any atom is 0.168 e. The van der Waals surface area contributed by atoms with Gasteiger partial charge in [0, 0.05) is 23.5 Å². The van der Waals surface area contributed by atoms with Crippen LogP contribution in [0.15, 0.2) is 84.5 Å². The van der Waals surface area contributed by atoms with E-state index in [-0.39, 0.29) is 30.2 Å². The van der Waals surface area contributed by atoms with Crippen LogP contribution in [0, 0.1) is 0 Å². The third-order valence-corrected chi connectivity index (χ3v) is 5.02. The molecule has 7 heteroatoms. The zero-order chi connectivity index (χ0) is 17.1. The molecule has 0 spiro atoms. The number of benzene rings is 2. The maximum atomic E-state index is 4.88. The van der Waals surface area contributed by atoms with Crippen molar-refractivity contribution in [3.05, 3.63) is 79.4 Å². The zero-order valence-electron chi connectivity index (χ0n) is 14.6. The fourth-order valence-corrected chi connectivity index (χ4v) is 3.61. The van der Waals surface area contributed by atoms with E-state index in [1.807, 2.05) is 48.9 Å². The molecule has 140 valence electrons. The summed E-state index contributed by atoms with van der Waals surface area (Å²) in [5.74, 6) is 0. The lowest BCUT2D eigenvalue weighted by molar-refractivity contribution is 0.735. The first-order valence-corrected chi connectivity index (χ1v) is 9.04. The summed E-state index contributed by atoms with van der Waals surface area (Å²) in [6.07, 6.45) is 5.59. The van der Waals surface area contributed by atoms with Gasteiger partial charge in [-0.3, -0.25) is 0 Å². The second-order valence-corrected chi connectivity index (χ2v) is 7.03. The Balaban J connectivity index is 0.00000131. The van der Waals surface area contributed by atoms with Crippen LogP contribution in [0.4, 0.5) is 0 Å². The van der Waals surface area contributed by atoms with Crippen LogP contribution >= 0.6 is 36.6 Å². The summed E-state index contributed by atoms with van der Waals surface area (Å²) < 4.78 is 2.07. The van der Waals surface area contributed by atoms with Crippen LogP contribution < -0.4 is 0 Å².